The van der Waals surface area contributed by atoms with E-state index in [-0.39, 0.29) is 39.4 Å². The lowest BCUT2D eigenvalue weighted by Gasteiger charge is -2.46. The minimum Gasteiger partial charge on any atom is -0.433 e. The standard InChI is InChI=1S/C21H19Cl2F3N2O3/c22-15-8-12(4-5-16(15)24)18-10-27-6-7-28(9-13(27)11-30-18)20(29)14-2-1-3-17(19(14)23)31-21(25)26/h1-5,8,13,18,21H,6-7,9-11H2/t13-,18-/m0/s1. The smallest absolute Gasteiger partial charge is 0.387 e. The third-order valence-corrected chi connectivity index (χ3v) is 6.19. The summed E-state index contributed by atoms with van der Waals surface area (Å²) >= 11 is 12.0. The van der Waals surface area contributed by atoms with E-state index < -0.39 is 12.4 Å². The zero-order valence-corrected chi connectivity index (χ0v) is 17.8. The summed E-state index contributed by atoms with van der Waals surface area (Å²) < 4.78 is 48.9. The molecule has 2 aromatic rings. The maximum Gasteiger partial charge on any atom is 0.387 e. The van der Waals surface area contributed by atoms with Crippen LogP contribution in [0.5, 0.6) is 5.75 Å². The van der Waals surface area contributed by atoms with Gasteiger partial charge in [-0.05, 0) is 29.8 Å². The van der Waals surface area contributed by atoms with E-state index in [4.69, 9.17) is 27.9 Å². The van der Waals surface area contributed by atoms with Gasteiger partial charge >= 0.3 is 6.61 Å². The van der Waals surface area contributed by atoms with E-state index >= 15 is 0 Å². The normalized spacial score (nSPS) is 21.8. The van der Waals surface area contributed by atoms with Crippen LogP contribution in [0.15, 0.2) is 36.4 Å². The van der Waals surface area contributed by atoms with Crippen molar-refractivity contribution >= 4 is 29.1 Å². The van der Waals surface area contributed by atoms with E-state index in [1.165, 1.54) is 24.3 Å². The highest BCUT2D eigenvalue weighted by Crippen LogP contribution is 2.32. The van der Waals surface area contributed by atoms with Crippen LogP contribution in [0.3, 0.4) is 0 Å². The van der Waals surface area contributed by atoms with Crippen molar-refractivity contribution in [1.29, 1.82) is 0 Å². The number of carbonyl (C=O) groups excluding carboxylic acids is 1. The Balaban J connectivity index is 1.42. The zero-order valence-electron chi connectivity index (χ0n) is 16.2. The number of nitrogens with zero attached hydrogens (tertiary/aromatic N) is 2. The second-order valence-electron chi connectivity index (χ2n) is 7.39. The second kappa shape index (κ2) is 9.24. The Morgan fingerprint density at radius 1 is 1.16 bits per heavy atom. The van der Waals surface area contributed by atoms with Crippen molar-refractivity contribution in [3.05, 3.63) is 63.4 Å². The van der Waals surface area contributed by atoms with Gasteiger partial charge in [0.15, 0.2) is 0 Å². The Labute approximate surface area is 187 Å². The van der Waals surface area contributed by atoms with Crippen LogP contribution in [0.4, 0.5) is 13.2 Å². The van der Waals surface area contributed by atoms with Crippen LogP contribution in [0.1, 0.15) is 22.0 Å². The van der Waals surface area contributed by atoms with Crippen molar-refractivity contribution in [2.75, 3.05) is 32.8 Å². The summed E-state index contributed by atoms with van der Waals surface area (Å²) in [6.07, 6.45) is -0.241. The fourth-order valence-corrected chi connectivity index (χ4v) is 4.36. The Bertz CT molecular complexity index is 979. The molecule has 0 N–H and O–H groups in total. The van der Waals surface area contributed by atoms with Crippen molar-refractivity contribution in [3.63, 3.8) is 0 Å². The van der Waals surface area contributed by atoms with Gasteiger partial charge in [0.2, 0.25) is 0 Å². The van der Waals surface area contributed by atoms with Crippen LogP contribution in [0.2, 0.25) is 10.0 Å². The van der Waals surface area contributed by atoms with E-state index in [9.17, 15) is 18.0 Å². The highest BCUT2D eigenvalue weighted by atomic mass is 35.5. The van der Waals surface area contributed by atoms with Crippen LogP contribution in [-0.2, 0) is 4.74 Å². The molecular weight excluding hydrogens is 456 g/mol. The number of amides is 1. The molecule has 2 fully saturated rings. The Morgan fingerprint density at radius 3 is 2.71 bits per heavy atom. The fraction of sp³-hybridized carbons (Fsp3) is 0.381. The van der Waals surface area contributed by atoms with Gasteiger partial charge in [-0.2, -0.15) is 8.78 Å². The first kappa shape index (κ1) is 22.2. The van der Waals surface area contributed by atoms with Crippen LogP contribution < -0.4 is 4.74 Å². The molecule has 0 saturated carbocycles. The van der Waals surface area contributed by atoms with Gasteiger partial charge in [-0.3, -0.25) is 9.69 Å². The first-order chi connectivity index (χ1) is 14.8. The van der Waals surface area contributed by atoms with Crippen molar-refractivity contribution in [2.45, 2.75) is 18.8 Å². The number of hydrogen-bond acceptors (Lipinski definition) is 4. The lowest BCUT2D eigenvalue weighted by atomic mass is 10.0. The first-order valence-electron chi connectivity index (χ1n) is 9.66. The van der Waals surface area contributed by atoms with Gasteiger partial charge in [-0.25, -0.2) is 4.39 Å². The van der Waals surface area contributed by atoms with Gasteiger partial charge in [0, 0.05) is 26.2 Å². The number of alkyl halides is 2. The van der Waals surface area contributed by atoms with E-state index in [1.807, 2.05) is 0 Å². The number of halogens is 5. The maximum absolute atomic E-state index is 13.4. The summed E-state index contributed by atoms with van der Waals surface area (Å²) in [5, 5.41) is -0.0862. The predicted octanol–water partition coefficient (Wildman–Crippen LogP) is 4.63. The van der Waals surface area contributed by atoms with Gasteiger partial charge in [-0.1, -0.05) is 35.3 Å². The Hall–Kier alpha value is -2.00. The fourth-order valence-electron chi connectivity index (χ4n) is 3.92. The van der Waals surface area contributed by atoms with Gasteiger partial charge in [-0.15, -0.1) is 0 Å². The third-order valence-electron chi connectivity index (χ3n) is 5.51. The molecule has 0 aliphatic carbocycles. The predicted molar refractivity (Wildman–Crippen MR) is 109 cm³/mol. The van der Waals surface area contributed by atoms with E-state index in [0.29, 0.717) is 32.8 Å². The van der Waals surface area contributed by atoms with E-state index in [2.05, 4.69) is 9.64 Å². The number of morpholine rings is 1. The Morgan fingerprint density at radius 2 is 1.97 bits per heavy atom. The number of carbonyl (C=O) groups is 1. The molecule has 2 atom stereocenters. The molecule has 4 rings (SSSR count). The molecule has 1 amide bonds. The van der Waals surface area contributed by atoms with Crippen LogP contribution in [-0.4, -0.2) is 61.1 Å². The summed E-state index contributed by atoms with van der Waals surface area (Å²) in [4.78, 5) is 16.8. The molecule has 31 heavy (non-hydrogen) atoms. The summed E-state index contributed by atoms with van der Waals surface area (Å²) in [7, 11) is 0. The van der Waals surface area contributed by atoms with Crippen molar-refractivity contribution in [3.8, 4) is 5.75 Å². The first-order valence-corrected chi connectivity index (χ1v) is 10.4. The molecule has 0 aromatic heterocycles. The van der Waals surface area contributed by atoms with Gasteiger partial charge < -0.3 is 14.4 Å². The summed E-state index contributed by atoms with van der Waals surface area (Å²) in [6.45, 7) is -0.599. The number of ether oxygens (including phenoxy) is 2. The molecule has 0 spiro atoms. The molecule has 2 aliphatic heterocycles. The maximum atomic E-state index is 13.4. The van der Waals surface area contributed by atoms with Crippen molar-refractivity contribution in [2.24, 2.45) is 0 Å². The average molecular weight is 475 g/mol. The highest BCUT2D eigenvalue weighted by Gasteiger charge is 2.36. The number of fused-ring (bicyclic) bond motifs is 1. The molecule has 2 aliphatic rings. The van der Waals surface area contributed by atoms with Gasteiger partial charge in [0.25, 0.3) is 5.91 Å². The number of piperazine rings is 1. The molecule has 0 unspecified atom stereocenters. The monoisotopic (exact) mass is 474 g/mol. The molecule has 5 nitrogen and oxygen atoms in total. The van der Waals surface area contributed by atoms with Gasteiger partial charge in [0.1, 0.15) is 11.6 Å². The Kier molecular flexibility index (Phi) is 6.62. The summed E-state index contributed by atoms with van der Waals surface area (Å²) in [5.74, 6) is -1.06. The van der Waals surface area contributed by atoms with Crippen LogP contribution in [0, 0.1) is 5.82 Å². The number of hydrogen-bond donors (Lipinski definition) is 0. The number of rotatable bonds is 4. The summed E-state index contributed by atoms with van der Waals surface area (Å²) in [5.41, 5.74) is 0.912. The van der Waals surface area contributed by atoms with E-state index in [1.54, 1.807) is 17.0 Å². The molecule has 10 heteroatoms. The van der Waals surface area contributed by atoms with Crippen LogP contribution >= 0.6 is 23.2 Å². The SMILES string of the molecule is O=C(c1cccc(OC(F)F)c1Cl)N1CCN2C[C@@H](c3ccc(F)c(Cl)c3)OC[C@@H]2C1. The lowest BCUT2D eigenvalue weighted by Crippen LogP contribution is -2.59. The second-order valence-corrected chi connectivity index (χ2v) is 8.18. The summed E-state index contributed by atoms with van der Waals surface area (Å²) in [6, 6.07) is 8.75. The van der Waals surface area contributed by atoms with Crippen molar-refractivity contribution < 1.29 is 27.4 Å². The van der Waals surface area contributed by atoms with Crippen molar-refractivity contribution in [1.82, 2.24) is 9.80 Å². The third kappa shape index (κ3) is 4.77. The molecule has 166 valence electrons. The molecular formula is C21H19Cl2F3N2O3. The molecule has 2 aromatic carbocycles. The quantitative estimate of drug-likeness (QED) is 0.647. The molecule has 0 bridgehead atoms. The minimum absolute atomic E-state index is 0.0239. The van der Waals surface area contributed by atoms with Crippen LogP contribution in [0.25, 0.3) is 0 Å². The lowest BCUT2D eigenvalue weighted by molar-refractivity contribution is -0.0858. The number of benzene rings is 2. The van der Waals surface area contributed by atoms with E-state index in [0.717, 1.165) is 5.56 Å². The topological polar surface area (TPSA) is 42.0 Å². The van der Waals surface area contributed by atoms with Gasteiger partial charge in [0.05, 0.1) is 34.4 Å². The molecule has 2 saturated heterocycles. The zero-order chi connectivity index (χ0) is 22.1. The molecule has 0 radical (unpaired) electrons. The average Bonchev–Trinajstić information content (AvgIpc) is 2.75. The minimum atomic E-state index is -3.03. The largest absolute Gasteiger partial charge is 0.433 e. The highest BCUT2D eigenvalue weighted by molar-refractivity contribution is 6.35. The molecule has 2 heterocycles.